The fraction of sp³-hybridized carbons (Fsp3) is 0.200. The molecule has 0 radical (unpaired) electrons. The normalized spacial score (nSPS) is 9.65. The van der Waals surface area contributed by atoms with Crippen molar-refractivity contribution in [2.45, 2.75) is 6.92 Å². The zero-order valence-corrected chi connectivity index (χ0v) is 11.4. The van der Waals surface area contributed by atoms with E-state index in [9.17, 15) is 0 Å². The zero-order chi connectivity index (χ0) is 14.4. The summed E-state index contributed by atoms with van der Waals surface area (Å²) in [6.07, 6.45) is 0. The van der Waals surface area contributed by atoms with Gasteiger partial charge in [0, 0.05) is 11.8 Å². The quantitative estimate of drug-likeness (QED) is 0.903. The number of aromatic nitrogens is 1. The maximum absolute atomic E-state index is 8.83. The van der Waals surface area contributed by atoms with Gasteiger partial charge in [0.2, 0.25) is 0 Å². The molecule has 1 aromatic carbocycles. The first-order valence-corrected chi connectivity index (χ1v) is 6.22. The standard InChI is InChI=1S/C15H15N3O2/c1-3-20-13-8-7-11(9-14(13)19-2)17-15-6-4-5-12(10-16)18-15/h4-9H,3H2,1-2H3,(H,17,18). The van der Waals surface area contributed by atoms with Gasteiger partial charge >= 0.3 is 0 Å². The Balaban J connectivity index is 2.23. The Labute approximate surface area is 117 Å². The lowest BCUT2D eigenvalue weighted by molar-refractivity contribution is 0.311. The summed E-state index contributed by atoms with van der Waals surface area (Å²) >= 11 is 0. The molecule has 0 aliphatic heterocycles. The lowest BCUT2D eigenvalue weighted by Crippen LogP contribution is -1.98. The van der Waals surface area contributed by atoms with E-state index in [0.29, 0.717) is 29.6 Å². The van der Waals surface area contributed by atoms with E-state index >= 15 is 0 Å². The first-order chi connectivity index (χ1) is 9.76. The number of nitrogens with zero attached hydrogens (tertiary/aromatic N) is 2. The number of pyridine rings is 1. The van der Waals surface area contributed by atoms with Crippen LogP contribution in [-0.2, 0) is 0 Å². The molecule has 0 aliphatic carbocycles. The summed E-state index contributed by atoms with van der Waals surface area (Å²) in [5.74, 6) is 1.95. The molecule has 20 heavy (non-hydrogen) atoms. The Hall–Kier alpha value is -2.74. The third-order valence-electron chi connectivity index (χ3n) is 2.60. The van der Waals surface area contributed by atoms with Crippen molar-refractivity contribution in [3.8, 4) is 17.6 Å². The van der Waals surface area contributed by atoms with Crippen molar-refractivity contribution in [1.82, 2.24) is 4.98 Å². The summed E-state index contributed by atoms with van der Waals surface area (Å²) in [5.41, 5.74) is 1.18. The van der Waals surface area contributed by atoms with Crippen LogP contribution in [0.4, 0.5) is 11.5 Å². The topological polar surface area (TPSA) is 67.2 Å². The van der Waals surface area contributed by atoms with Crippen molar-refractivity contribution in [2.24, 2.45) is 0 Å². The van der Waals surface area contributed by atoms with E-state index in [-0.39, 0.29) is 0 Å². The number of benzene rings is 1. The van der Waals surface area contributed by atoms with Gasteiger partial charge in [0.1, 0.15) is 17.6 Å². The number of anilines is 2. The van der Waals surface area contributed by atoms with E-state index in [4.69, 9.17) is 14.7 Å². The molecule has 0 spiro atoms. The Morgan fingerprint density at radius 2 is 2.10 bits per heavy atom. The smallest absolute Gasteiger partial charge is 0.162 e. The Kier molecular flexibility index (Phi) is 4.40. The molecule has 2 rings (SSSR count). The number of methoxy groups -OCH3 is 1. The second-order valence-corrected chi connectivity index (χ2v) is 3.94. The van der Waals surface area contributed by atoms with E-state index in [0.717, 1.165) is 5.69 Å². The van der Waals surface area contributed by atoms with Gasteiger partial charge < -0.3 is 14.8 Å². The van der Waals surface area contributed by atoms with E-state index in [1.54, 1.807) is 25.3 Å². The largest absolute Gasteiger partial charge is 0.493 e. The van der Waals surface area contributed by atoms with Crippen LogP contribution in [0.2, 0.25) is 0 Å². The summed E-state index contributed by atoms with van der Waals surface area (Å²) < 4.78 is 10.7. The highest BCUT2D eigenvalue weighted by Crippen LogP contribution is 2.31. The molecule has 0 saturated carbocycles. The molecule has 0 bridgehead atoms. The highest BCUT2D eigenvalue weighted by molar-refractivity contribution is 5.61. The summed E-state index contributed by atoms with van der Waals surface area (Å²) in [5, 5.41) is 12.0. The van der Waals surface area contributed by atoms with Crippen molar-refractivity contribution >= 4 is 11.5 Å². The van der Waals surface area contributed by atoms with Crippen LogP contribution in [-0.4, -0.2) is 18.7 Å². The molecule has 0 amide bonds. The minimum atomic E-state index is 0.368. The van der Waals surface area contributed by atoms with Gasteiger partial charge in [0.05, 0.1) is 13.7 Å². The predicted molar refractivity (Wildman–Crippen MR) is 76.4 cm³/mol. The zero-order valence-electron chi connectivity index (χ0n) is 11.4. The SMILES string of the molecule is CCOc1ccc(Nc2cccc(C#N)n2)cc1OC. The van der Waals surface area contributed by atoms with Gasteiger partial charge in [-0.25, -0.2) is 4.98 Å². The van der Waals surface area contributed by atoms with Crippen LogP contribution in [0.25, 0.3) is 0 Å². The molecule has 5 heteroatoms. The first kappa shape index (κ1) is 13.7. The fourth-order valence-electron chi connectivity index (χ4n) is 1.73. The average Bonchev–Trinajstić information content (AvgIpc) is 2.49. The fourth-order valence-corrected chi connectivity index (χ4v) is 1.73. The molecule has 0 atom stereocenters. The number of rotatable bonds is 5. The maximum Gasteiger partial charge on any atom is 0.162 e. The summed E-state index contributed by atoms with van der Waals surface area (Å²) in [6, 6.07) is 12.8. The molecule has 0 aliphatic rings. The highest BCUT2D eigenvalue weighted by Gasteiger charge is 2.06. The van der Waals surface area contributed by atoms with Crippen molar-refractivity contribution < 1.29 is 9.47 Å². The van der Waals surface area contributed by atoms with Crippen LogP contribution < -0.4 is 14.8 Å². The average molecular weight is 269 g/mol. The molecular formula is C15H15N3O2. The lowest BCUT2D eigenvalue weighted by atomic mass is 10.2. The molecule has 0 unspecified atom stereocenters. The number of nitrogens with one attached hydrogen (secondary N) is 1. The third-order valence-corrected chi connectivity index (χ3v) is 2.60. The lowest BCUT2D eigenvalue weighted by Gasteiger charge is -2.12. The van der Waals surface area contributed by atoms with Crippen molar-refractivity contribution in [3.63, 3.8) is 0 Å². The highest BCUT2D eigenvalue weighted by atomic mass is 16.5. The number of ether oxygens (including phenoxy) is 2. The van der Waals surface area contributed by atoms with Crippen LogP contribution in [0.3, 0.4) is 0 Å². The summed E-state index contributed by atoms with van der Waals surface area (Å²) in [6.45, 7) is 2.50. The number of hydrogen-bond donors (Lipinski definition) is 1. The molecule has 0 saturated heterocycles. The molecule has 2 aromatic rings. The van der Waals surface area contributed by atoms with E-state index in [1.807, 2.05) is 31.2 Å². The van der Waals surface area contributed by atoms with Gasteiger partial charge in [-0.1, -0.05) is 6.07 Å². The Bertz CT molecular complexity index is 635. The van der Waals surface area contributed by atoms with Crippen molar-refractivity contribution in [1.29, 1.82) is 5.26 Å². The van der Waals surface area contributed by atoms with Gasteiger partial charge in [0.15, 0.2) is 11.5 Å². The molecule has 102 valence electrons. The van der Waals surface area contributed by atoms with Crippen LogP contribution >= 0.6 is 0 Å². The monoisotopic (exact) mass is 269 g/mol. The van der Waals surface area contributed by atoms with Crippen molar-refractivity contribution in [3.05, 3.63) is 42.1 Å². The van der Waals surface area contributed by atoms with Crippen LogP contribution in [0.15, 0.2) is 36.4 Å². The molecular weight excluding hydrogens is 254 g/mol. The van der Waals surface area contributed by atoms with Crippen molar-refractivity contribution in [2.75, 3.05) is 19.0 Å². The molecule has 1 aromatic heterocycles. The number of nitriles is 1. The van der Waals surface area contributed by atoms with Gasteiger partial charge in [-0.3, -0.25) is 0 Å². The second kappa shape index (κ2) is 6.43. The Morgan fingerprint density at radius 1 is 1.25 bits per heavy atom. The summed E-state index contributed by atoms with van der Waals surface area (Å²) in [4.78, 5) is 4.16. The van der Waals surface area contributed by atoms with Gasteiger partial charge in [-0.2, -0.15) is 5.26 Å². The minimum absolute atomic E-state index is 0.368. The van der Waals surface area contributed by atoms with E-state index < -0.39 is 0 Å². The third kappa shape index (κ3) is 3.18. The van der Waals surface area contributed by atoms with Gasteiger partial charge in [-0.05, 0) is 31.2 Å². The second-order valence-electron chi connectivity index (χ2n) is 3.94. The van der Waals surface area contributed by atoms with Gasteiger partial charge in [-0.15, -0.1) is 0 Å². The van der Waals surface area contributed by atoms with Crippen LogP contribution in [0.5, 0.6) is 11.5 Å². The Morgan fingerprint density at radius 3 is 2.80 bits per heavy atom. The van der Waals surface area contributed by atoms with E-state index in [1.165, 1.54) is 0 Å². The van der Waals surface area contributed by atoms with E-state index in [2.05, 4.69) is 10.3 Å². The maximum atomic E-state index is 8.83. The van der Waals surface area contributed by atoms with Gasteiger partial charge in [0.25, 0.3) is 0 Å². The number of hydrogen-bond acceptors (Lipinski definition) is 5. The molecule has 1 heterocycles. The summed E-state index contributed by atoms with van der Waals surface area (Å²) in [7, 11) is 1.59. The van der Waals surface area contributed by atoms with Crippen LogP contribution in [0.1, 0.15) is 12.6 Å². The molecule has 0 fully saturated rings. The minimum Gasteiger partial charge on any atom is -0.493 e. The molecule has 5 nitrogen and oxygen atoms in total. The first-order valence-electron chi connectivity index (χ1n) is 6.22. The van der Waals surface area contributed by atoms with Crippen LogP contribution in [0, 0.1) is 11.3 Å². The molecule has 1 N–H and O–H groups in total. The predicted octanol–water partition coefficient (Wildman–Crippen LogP) is 3.10.